The third kappa shape index (κ3) is 4.23. The second-order valence-electron chi connectivity index (χ2n) is 6.74. The minimum absolute atomic E-state index is 0.118. The van der Waals surface area contributed by atoms with Crippen molar-refractivity contribution >= 4 is 0 Å². The molecule has 0 atom stereocenters. The van der Waals surface area contributed by atoms with Crippen LogP contribution in [-0.2, 0) is 18.4 Å². The third-order valence-electron chi connectivity index (χ3n) is 4.92. The molecule has 3 rings (SSSR count). The topological polar surface area (TPSA) is 66.0 Å². The second kappa shape index (κ2) is 7.19. The van der Waals surface area contributed by atoms with Crippen LogP contribution in [0.5, 0.6) is 0 Å². The number of aromatic nitrogens is 3. The number of allylic oxidation sites excluding steroid dienone is 4. The number of halogens is 3. The standard InChI is InChI=1S/C17H23F3N4O/c1-24-15(22-23-16(24)11-5-7-13(21)8-6-11)10-25-14-4-2-3-12(9-14)17(18,19)20/h3,9,11,13H,2,4-8,10,21H2,1H3/t11-,13-. The monoisotopic (exact) mass is 356 g/mol. The Hall–Kier alpha value is -1.83. The van der Waals surface area contributed by atoms with E-state index in [0.717, 1.165) is 37.6 Å². The van der Waals surface area contributed by atoms with Gasteiger partial charge in [0.2, 0.25) is 0 Å². The molecule has 0 radical (unpaired) electrons. The van der Waals surface area contributed by atoms with Crippen molar-refractivity contribution in [2.75, 3.05) is 0 Å². The fraction of sp³-hybridized carbons (Fsp3) is 0.647. The Balaban J connectivity index is 1.63. The highest BCUT2D eigenvalue weighted by Crippen LogP contribution is 2.33. The molecule has 2 N–H and O–H groups in total. The van der Waals surface area contributed by atoms with Gasteiger partial charge in [-0.25, -0.2) is 0 Å². The zero-order valence-electron chi connectivity index (χ0n) is 14.2. The van der Waals surface area contributed by atoms with Crippen molar-refractivity contribution in [3.05, 3.63) is 35.1 Å². The number of hydrogen-bond donors (Lipinski definition) is 1. The van der Waals surface area contributed by atoms with Gasteiger partial charge in [-0.05, 0) is 38.2 Å². The smallest absolute Gasteiger partial charge is 0.416 e. The fourth-order valence-corrected chi connectivity index (χ4v) is 3.38. The second-order valence-corrected chi connectivity index (χ2v) is 6.74. The van der Waals surface area contributed by atoms with Crippen LogP contribution in [0.15, 0.2) is 23.5 Å². The summed E-state index contributed by atoms with van der Waals surface area (Å²) >= 11 is 0. The highest BCUT2D eigenvalue weighted by Gasteiger charge is 2.33. The van der Waals surface area contributed by atoms with E-state index in [1.165, 1.54) is 6.08 Å². The molecule has 1 saturated carbocycles. The van der Waals surface area contributed by atoms with Crippen molar-refractivity contribution in [1.29, 1.82) is 0 Å². The third-order valence-corrected chi connectivity index (χ3v) is 4.92. The average molecular weight is 356 g/mol. The van der Waals surface area contributed by atoms with Crippen LogP contribution in [0.1, 0.15) is 56.1 Å². The van der Waals surface area contributed by atoms with Crippen LogP contribution in [0, 0.1) is 0 Å². The maximum absolute atomic E-state index is 12.8. The summed E-state index contributed by atoms with van der Waals surface area (Å²) in [5.41, 5.74) is 5.29. The zero-order chi connectivity index (χ0) is 18.0. The number of ether oxygens (including phenoxy) is 1. The Labute approximate surface area is 144 Å². The number of nitrogens with zero attached hydrogens (tertiary/aromatic N) is 3. The van der Waals surface area contributed by atoms with Crippen molar-refractivity contribution in [2.24, 2.45) is 12.8 Å². The predicted octanol–water partition coefficient (Wildman–Crippen LogP) is 3.48. The lowest BCUT2D eigenvalue weighted by molar-refractivity contribution is -0.0891. The molecule has 0 unspecified atom stereocenters. The maximum atomic E-state index is 12.8. The van der Waals surface area contributed by atoms with Gasteiger partial charge in [-0.2, -0.15) is 13.2 Å². The Kier molecular flexibility index (Phi) is 5.17. The van der Waals surface area contributed by atoms with Crippen LogP contribution in [0.3, 0.4) is 0 Å². The molecule has 5 nitrogen and oxygen atoms in total. The molecule has 2 aliphatic carbocycles. The van der Waals surface area contributed by atoms with Crippen molar-refractivity contribution in [2.45, 2.75) is 63.3 Å². The van der Waals surface area contributed by atoms with Gasteiger partial charge in [0.25, 0.3) is 0 Å². The molecule has 0 spiro atoms. The molecule has 1 aromatic rings. The number of rotatable bonds is 4. The lowest BCUT2D eigenvalue weighted by Gasteiger charge is -2.25. The molecule has 0 saturated heterocycles. The first-order chi connectivity index (χ1) is 11.8. The minimum atomic E-state index is -4.34. The highest BCUT2D eigenvalue weighted by atomic mass is 19.4. The van der Waals surface area contributed by atoms with Gasteiger partial charge in [-0.3, -0.25) is 0 Å². The summed E-state index contributed by atoms with van der Waals surface area (Å²) in [6, 6.07) is 0.265. The molecule has 25 heavy (non-hydrogen) atoms. The molecule has 1 aromatic heterocycles. The first-order valence-electron chi connectivity index (χ1n) is 8.59. The summed E-state index contributed by atoms with van der Waals surface area (Å²) in [6.07, 6.45) is 2.64. The van der Waals surface area contributed by atoms with Gasteiger partial charge in [0.1, 0.15) is 12.4 Å². The molecular weight excluding hydrogens is 333 g/mol. The van der Waals surface area contributed by atoms with E-state index in [2.05, 4.69) is 10.2 Å². The van der Waals surface area contributed by atoms with Crippen LogP contribution in [0.25, 0.3) is 0 Å². The van der Waals surface area contributed by atoms with Crippen LogP contribution < -0.4 is 5.73 Å². The first kappa shape index (κ1) is 18.0. The summed E-state index contributed by atoms with van der Waals surface area (Å²) < 4.78 is 45.8. The van der Waals surface area contributed by atoms with Crippen molar-refractivity contribution < 1.29 is 17.9 Å². The number of alkyl halides is 3. The van der Waals surface area contributed by atoms with E-state index >= 15 is 0 Å². The molecule has 8 heteroatoms. The normalized spacial score (nSPS) is 24.7. The summed E-state index contributed by atoms with van der Waals surface area (Å²) in [5, 5.41) is 8.42. The predicted molar refractivity (Wildman–Crippen MR) is 86.4 cm³/mol. The van der Waals surface area contributed by atoms with Crippen LogP contribution >= 0.6 is 0 Å². The molecule has 1 heterocycles. The lowest BCUT2D eigenvalue weighted by Crippen LogP contribution is -2.26. The largest absolute Gasteiger partial charge is 0.490 e. The highest BCUT2D eigenvalue weighted by molar-refractivity contribution is 5.29. The molecular formula is C17H23F3N4O. The molecule has 1 fully saturated rings. The molecule has 2 aliphatic rings. The number of nitrogens with two attached hydrogens (primary N) is 1. The van der Waals surface area contributed by atoms with Crippen LogP contribution in [-0.4, -0.2) is 27.0 Å². The van der Waals surface area contributed by atoms with E-state index < -0.39 is 11.7 Å². The maximum Gasteiger partial charge on any atom is 0.416 e. The van der Waals surface area contributed by atoms with Crippen molar-refractivity contribution in [3.8, 4) is 0 Å². The first-order valence-corrected chi connectivity index (χ1v) is 8.59. The Morgan fingerprint density at radius 3 is 2.64 bits per heavy atom. The van der Waals surface area contributed by atoms with Crippen molar-refractivity contribution in [1.82, 2.24) is 14.8 Å². The molecule has 0 amide bonds. The Morgan fingerprint density at radius 2 is 1.96 bits per heavy atom. The van der Waals surface area contributed by atoms with E-state index in [0.29, 0.717) is 30.3 Å². The SMILES string of the molecule is Cn1c(COC2=CC(C(F)(F)F)=CCC2)nnc1[C@H]1CC[C@H](N)CC1. The fourth-order valence-electron chi connectivity index (χ4n) is 3.38. The van der Waals surface area contributed by atoms with E-state index in [4.69, 9.17) is 10.5 Å². The van der Waals surface area contributed by atoms with Gasteiger partial charge in [-0.15, -0.1) is 10.2 Å². The Bertz CT molecular complexity index is 670. The van der Waals surface area contributed by atoms with Gasteiger partial charge >= 0.3 is 6.18 Å². The summed E-state index contributed by atoms with van der Waals surface area (Å²) in [7, 11) is 1.87. The summed E-state index contributed by atoms with van der Waals surface area (Å²) in [4.78, 5) is 0. The lowest BCUT2D eigenvalue weighted by atomic mass is 9.86. The molecule has 0 bridgehead atoms. The van der Waals surface area contributed by atoms with Crippen LogP contribution in [0.2, 0.25) is 0 Å². The zero-order valence-corrected chi connectivity index (χ0v) is 14.2. The van der Waals surface area contributed by atoms with E-state index in [1.54, 1.807) is 0 Å². The van der Waals surface area contributed by atoms with Crippen LogP contribution in [0.4, 0.5) is 13.2 Å². The average Bonchev–Trinajstić information content (AvgIpc) is 2.94. The molecule has 138 valence electrons. The molecule has 0 aromatic carbocycles. The van der Waals surface area contributed by atoms with Gasteiger partial charge in [-0.1, -0.05) is 6.08 Å². The van der Waals surface area contributed by atoms with Gasteiger partial charge in [0, 0.05) is 25.4 Å². The molecule has 0 aliphatic heterocycles. The van der Waals surface area contributed by atoms with Gasteiger partial charge in [0.15, 0.2) is 5.82 Å². The van der Waals surface area contributed by atoms with Gasteiger partial charge < -0.3 is 15.0 Å². The quantitative estimate of drug-likeness (QED) is 0.897. The van der Waals surface area contributed by atoms with Crippen molar-refractivity contribution in [3.63, 3.8) is 0 Å². The Morgan fingerprint density at radius 1 is 1.24 bits per heavy atom. The van der Waals surface area contributed by atoms with E-state index in [-0.39, 0.29) is 12.6 Å². The van der Waals surface area contributed by atoms with Gasteiger partial charge in [0.05, 0.1) is 11.3 Å². The van der Waals surface area contributed by atoms with E-state index in [9.17, 15) is 13.2 Å². The minimum Gasteiger partial charge on any atom is -0.490 e. The number of hydrogen-bond acceptors (Lipinski definition) is 4. The summed E-state index contributed by atoms with van der Waals surface area (Å²) in [5.74, 6) is 2.19. The summed E-state index contributed by atoms with van der Waals surface area (Å²) in [6.45, 7) is 0.118. The van der Waals surface area contributed by atoms with E-state index in [1.807, 2.05) is 11.6 Å².